The van der Waals surface area contributed by atoms with Crippen LogP contribution in [0.5, 0.6) is 0 Å². The van der Waals surface area contributed by atoms with E-state index in [4.69, 9.17) is 14.2 Å². The molecule has 6 heteroatoms. The van der Waals surface area contributed by atoms with Crippen LogP contribution in [0.2, 0.25) is 0 Å². The number of pyridine rings is 1. The van der Waals surface area contributed by atoms with Crippen molar-refractivity contribution in [3.05, 3.63) is 53.8 Å². The number of aryl methyl sites for hydroxylation is 1. The van der Waals surface area contributed by atoms with Crippen molar-refractivity contribution in [2.75, 3.05) is 13.1 Å². The Morgan fingerprint density at radius 3 is 2.88 bits per heavy atom. The highest BCUT2D eigenvalue weighted by atomic mass is 16.5. The van der Waals surface area contributed by atoms with Gasteiger partial charge in [-0.3, -0.25) is 9.88 Å². The Morgan fingerprint density at radius 1 is 1.12 bits per heavy atom. The molecule has 4 heterocycles. The summed E-state index contributed by atoms with van der Waals surface area (Å²) in [5, 5.41) is 5.05. The van der Waals surface area contributed by atoms with Crippen molar-refractivity contribution >= 4 is 10.9 Å². The molecule has 2 aliphatic rings. The maximum absolute atomic E-state index is 6.25. The number of hydrogen-bond acceptors (Lipinski definition) is 6. The van der Waals surface area contributed by atoms with Gasteiger partial charge in [-0.15, -0.1) is 0 Å². The second-order valence-electron chi connectivity index (χ2n) is 7.42. The molecule has 5 rings (SSSR count). The van der Waals surface area contributed by atoms with E-state index in [-0.39, 0.29) is 6.10 Å². The number of aromatic nitrogens is 3. The first-order valence-electron chi connectivity index (χ1n) is 9.24. The number of fused-ring (bicyclic) bond motifs is 2. The number of para-hydroxylation sites is 1. The van der Waals surface area contributed by atoms with Crippen molar-refractivity contribution in [3.8, 4) is 0 Å². The van der Waals surface area contributed by atoms with Crippen LogP contribution < -0.4 is 0 Å². The number of ether oxygens (including phenoxy) is 1. The summed E-state index contributed by atoms with van der Waals surface area (Å²) in [5.41, 5.74) is 2.19. The molecule has 6 nitrogen and oxygen atoms in total. The normalized spacial score (nSPS) is 25.8. The van der Waals surface area contributed by atoms with Crippen molar-refractivity contribution in [1.29, 1.82) is 0 Å². The van der Waals surface area contributed by atoms with Crippen LogP contribution in [0.15, 0.2) is 40.9 Å². The van der Waals surface area contributed by atoms with E-state index in [2.05, 4.69) is 45.4 Å². The largest absolute Gasteiger partial charge is 0.373 e. The first-order valence-corrected chi connectivity index (χ1v) is 9.24. The topological polar surface area (TPSA) is 64.3 Å². The van der Waals surface area contributed by atoms with Crippen molar-refractivity contribution < 1.29 is 9.26 Å². The van der Waals surface area contributed by atoms with Gasteiger partial charge < -0.3 is 9.26 Å². The van der Waals surface area contributed by atoms with Gasteiger partial charge in [0.05, 0.1) is 29.8 Å². The summed E-state index contributed by atoms with van der Waals surface area (Å²) in [6.45, 7) is 4.77. The average Bonchev–Trinajstić information content (AvgIpc) is 3.30. The molecule has 0 unspecified atom stereocenters. The molecule has 3 aromatic rings. The molecule has 2 aromatic heterocycles. The predicted molar refractivity (Wildman–Crippen MR) is 96.5 cm³/mol. The molecule has 0 N–H and O–H groups in total. The molecule has 0 aliphatic carbocycles. The zero-order valence-electron chi connectivity index (χ0n) is 14.8. The van der Waals surface area contributed by atoms with Gasteiger partial charge in [-0.25, -0.2) is 0 Å². The molecule has 3 atom stereocenters. The zero-order valence-corrected chi connectivity index (χ0v) is 14.8. The molecule has 2 aliphatic heterocycles. The van der Waals surface area contributed by atoms with Gasteiger partial charge in [0, 0.05) is 30.9 Å². The van der Waals surface area contributed by atoms with E-state index in [1.54, 1.807) is 0 Å². The number of nitrogens with zero attached hydrogens (tertiary/aromatic N) is 4. The molecule has 26 heavy (non-hydrogen) atoms. The number of hydrogen-bond donors (Lipinski definition) is 0. The fraction of sp³-hybridized carbons (Fsp3) is 0.450. The minimum Gasteiger partial charge on any atom is -0.373 e. The van der Waals surface area contributed by atoms with Gasteiger partial charge in [0.1, 0.15) is 0 Å². The van der Waals surface area contributed by atoms with Crippen LogP contribution in [0, 0.1) is 12.8 Å². The molecule has 0 amide bonds. The molecule has 2 saturated heterocycles. The van der Waals surface area contributed by atoms with Gasteiger partial charge in [0.25, 0.3) is 0 Å². The Balaban J connectivity index is 1.19. The Kier molecular flexibility index (Phi) is 3.94. The number of rotatable bonds is 4. The first-order chi connectivity index (χ1) is 12.7. The lowest BCUT2D eigenvalue weighted by atomic mass is 10.0. The lowest BCUT2D eigenvalue weighted by Crippen LogP contribution is -2.25. The molecule has 0 radical (unpaired) electrons. The Hall–Kier alpha value is -2.31. The summed E-state index contributed by atoms with van der Waals surface area (Å²) < 4.78 is 11.5. The van der Waals surface area contributed by atoms with Crippen LogP contribution in [0.4, 0.5) is 0 Å². The second kappa shape index (κ2) is 6.45. The molecular weight excluding hydrogens is 328 g/mol. The Bertz CT molecular complexity index is 911. The summed E-state index contributed by atoms with van der Waals surface area (Å²) in [5.74, 6) is 1.96. The van der Waals surface area contributed by atoms with Gasteiger partial charge in [0.15, 0.2) is 5.82 Å². The molecule has 0 saturated carbocycles. The van der Waals surface area contributed by atoms with Crippen LogP contribution in [0.25, 0.3) is 10.9 Å². The van der Waals surface area contributed by atoms with E-state index >= 15 is 0 Å². The predicted octanol–water partition coefficient (Wildman–Crippen LogP) is 2.76. The quantitative estimate of drug-likeness (QED) is 0.721. The maximum Gasteiger partial charge on any atom is 0.229 e. The molecule has 1 aromatic carbocycles. The van der Waals surface area contributed by atoms with Gasteiger partial charge in [-0.2, -0.15) is 4.98 Å². The summed E-state index contributed by atoms with van der Waals surface area (Å²) in [7, 11) is 0. The molecule has 0 bridgehead atoms. The average molecular weight is 350 g/mol. The van der Waals surface area contributed by atoms with Crippen molar-refractivity contribution in [2.45, 2.75) is 38.5 Å². The van der Waals surface area contributed by atoms with Crippen molar-refractivity contribution in [1.82, 2.24) is 20.0 Å². The molecular formula is C20H22N4O2. The van der Waals surface area contributed by atoms with Gasteiger partial charge in [0.2, 0.25) is 5.89 Å². The number of benzene rings is 1. The molecule has 134 valence electrons. The smallest absolute Gasteiger partial charge is 0.229 e. The minimum atomic E-state index is 0.200. The van der Waals surface area contributed by atoms with Crippen LogP contribution in [-0.2, 0) is 17.7 Å². The van der Waals surface area contributed by atoms with Crippen LogP contribution >= 0.6 is 0 Å². The lowest BCUT2D eigenvalue weighted by Gasteiger charge is -2.18. The third-order valence-corrected chi connectivity index (χ3v) is 5.40. The third kappa shape index (κ3) is 3.10. The van der Waals surface area contributed by atoms with E-state index in [0.717, 1.165) is 43.7 Å². The van der Waals surface area contributed by atoms with Gasteiger partial charge >= 0.3 is 0 Å². The highest BCUT2D eigenvalue weighted by molar-refractivity contribution is 5.78. The third-order valence-electron chi connectivity index (χ3n) is 5.40. The Morgan fingerprint density at radius 2 is 2.04 bits per heavy atom. The maximum atomic E-state index is 6.25. The molecule has 2 fully saturated rings. The van der Waals surface area contributed by atoms with E-state index in [9.17, 15) is 0 Å². The minimum absolute atomic E-state index is 0.200. The van der Waals surface area contributed by atoms with Crippen LogP contribution in [0.1, 0.15) is 23.8 Å². The van der Waals surface area contributed by atoms with Crippen LogP contribution in [0.3, 0.4) is 0 Å². The van der Waals surface area contributed by atoms with Crippen molar-refractivity contribution in [3.63, 3.8) is 0 Å². The van der Waals surface area contributed by atoms with E-state index in [1.165, 1.54) is 5.39 Å². The highest BCUT2D eigenvalue weighted by Crippen LogP contribution is 2.34. The Labute approximate surface area is 152 Å². The monoisotopic (exact) mass is 350 g/mol. The second-order valence-corrected chi connectivity index (χ2v) is 7.42. The van der Waals surface area contributed by atoms with E-state index in [0.29, 0.717) is 23.7 Å². The fourth-order valence-corrected chi connectivity index (χ4v) is 4.25. The lowest BCUT2D eigenvalue weighted by molar-refractivity contribution is 0.0342. The number of likely N-dealkylation sites (tertiary alicyclic amines) is 1. The zero-order chi connectivity index (χ0) is 17.5. The first kappa shape index (κ1) is 15.9. The van der Waals surface area contributed by atoms with E-state index < -0.39 is 0 Å². The standard InChI is InChI=1S/C20H22N4O2/c1-13-21-20(26-23-13)9-17-8-15-10-24(12-19(15)25-17)11-16-7-6-14-4-2-3-5-18(14)22-16/h2-7,15,17,19H,8-12H2,1H3/t15-,17+,19+/m1/s1. The highest BCUT2D eigenvalue weighted by Gasteiger charge is 2.42. The van der Waals surface area contributed by atoms with Gasteiger partial charge in [-0.1, -0.05) is 29.4 Å². The van der Waals surface area contributed by atoms with Gasteiger partial charge in [-0.05, 0) is 25.5 Å². The fourth-order valence-electron chi connectivity index (χ4n) is 4.25. The molecule has 0 spiro atoms. The summed E-state index contributed by atoms with van der Waals surface area (Å²) >= 11 is 0. The summed E-state index contributed by atoms with van der Waals surface area (Å²) in [4.78, 5) is 11.5. The summed E-state index contributed by atoms with van der Waals surface area (Å²) in [6.07, 6.45) is 2.30. The van der Waals surface area contributed by atoms with Crippen molar-refractivity contribution in [2.24, 2.45) is 5.92 Å². The summed E-state index contributed by atoms with van der Waals surface area (Å²) in [6, 6.07) is 12.6. The van der Waals surface area contributed by atoms with E-state index in [1.807, 2.05) is 13.0 Å². The van der Waals surface area contributed by atoms with Crippen LogP contribution in [-0.4, -0.2) is 45.3 Å². The SMILES string of the molecule is Cc1noc(C[C@@H]2C[C@@H]3CN(Cc4ccc5ccccc5n4)C[C@@H]3O2)n1.